The van der Waals surface area contributed by atoms with Gasteiger partial charge in [0.2, 0.25) is 11.8 Å². The highest BCUT2D eigenvalue weighted by molar-refractivity contribution is 5.79. The van der Waals surface area contributed by atoms with Crippen LogP contribution >= 0.6 is 0 Å². The third-order valence-corrected chi connectivity index (χ3v) is 5.57. The molecule has 0 aliphatic carbocycles. The molecule has 0 radical (unpaired) electrons. The van der Waals surface area contributed by atoms with Crippen molar-refractivity contribution in [2.75, 3.05) is 19.6 Å². The molecular formula is C24H31N3O2. The van der Waals surface area contributed by atoms with Gasteiger partial charge in [0.25, 0.3) is 0 Å². The molecule has 2 N–H and O–H groups in total. The molecule has 2 aromatic carbocycles. The lowest BCUT2D eigenvalue weighted by molar-refractivity contribution is -0.135. The van der Waals surface area contributed by atoms with Crippen LogP contribution in [0, 0.1) is 6.92 Å². The predicted molar refractivity (Wildman–Crippen MR) is 115 cm³/mol. The number of aryl methyl sites for hydroxylation is 2. The summed E-state index contributed by atoms with van der Waals surface area (Å²) in [5.41, 5.74) is 4.55. The zero-order chi connectivity index (χ0) is 20.8. The highest BCUT2D eigenvalue weighted by Gasteiger charge is 2.29. The van der Waals surface area contributed by atoms with E-state index in [-0.39, 0.29) is 30.3 Å². The van der Waals surface area contributed by atoms with Gasteiger partial charge in [0.1, 0.15) is 0 Å². The molecule has 1 aliphatic heterocycles. The second kappa shape index (κ2) is 9.70. The van der Waals surface area contributed by atoms with Crippen LogP contribution < -0.4 is 10.6 Å². The smallest absolute Gasteiger partial charge is 0.225 e. The number of hydrogen-bond acceptors (Lipinski definition) is 3. The van der Waals surface area contributed by atoms with Gasteiger partial charge in [-0.15, -0.1) is 0 Å². The highest BCUT2D eigenvalue weighted by atomic mass is 16.2. The van der Waals surface area contributed by atoms with Crippen molar-refractivity contribution in [2.45, 2.75) is 45.7 Å². The van der Waals surface area contributed by atoms with Crippen LogP contribution in [0.1, 0.15) is 54.6 Å². The van der Waals surface area contributed by atoms with Crippen molar-refractivity contribution in [2.24, 2.45) is 0 Å². The lowest BCUT2D eigenvalue weighted by Crippen LogP contribution is -2.49. The Morgan fingerprint density at radius 3 is 2.45 bits per heavy atom. The first-order valence-electron chi connectivity index (χ1n) is 10.4. The summed E-state index contributed by atoms with van der Waals surface area (Å²) in [6, 6.07) is 16.2. The number of benzene rings is 2. The first-order chi connectivity index (χ1) is 14.0. The minimum absolute atomic E-state index is 0.0122. The summed E-state index contributed by atoms with van der Waals surface area (Å²) in [6.45, 7) is 7.85. The van der Waals surface area contributed by atoms with Gasteiger partial charge in [-0.3, -0.25) is 9.59 Å². The number of piperazine rings is 1. The van der Waals surface area contributed by atoms with Gasteiger partial charge in [0.15, 0.2) is 0 Å². The molecule has 2 unspecified atom stereocenters. The standard InChI is InChI=1S/C24H31N3O2/c1-4-19-7-11-21(12-8-19)23-16-25-13-14-27(23)24(29)15-22(26-18(3)28)20-9-5-17(2)6-10-20/h5-12,22-23,25H,4,13-16H2,1-3H3,(H,26,28). The van der Waals surface area contributed by atoms with Crippen molar-refractivity contribution in [3.8, 4) is 0 Å². The van der Waals surface area contributed by atoms with Crippen LogP contribution in [0.15, 0.2) is 48.5 Å². The van der Waals surface area contributed by atoms with E-state index in [1.165, 1.54) is 12.5 Å². The summed E-state index contributed by atoms with van der Waals surface area (Å²) >= 11 is 0. The Morgan fingerprint density at radius 1 is 1.14 bits per heavy atom. The topological polar surface area (TPSA) is 61.4 Å². The Balaban J connectivity index is 1.78. The Kier molecular flexibility index (Phi) is 7.04. The van der Waals surface area contributed by atoms with Crippen LogP contribution in [0.2, 0.25) is 0 Å². The highest BCUT2D eigenvalue weighted by Crippen LogP contribution is 2.26. The molecule has 5 heteroatoms. The van der Waals surface area contributed by atoms with Gasteiger partial charge in [0, 0.05) is 26.6 Å². The van der Waals surface area contributed by atoms with E-state index in [0.29, 0.717) is 6.54 Å². The lowest BCUT2D eigenvalue weighted by atomic mass is 9.98. The van der Waals surface area contributed by atoms with E-state index in [2.05, 4.69) is 41.8 Å². The van der Waals surface area contributed by atoms with E-state index >= 15 is 0 Å². The van der Waals surface area contributed by atoms with Gasteiger partial charge >= 0.3 is 0 Å². The van der Waals surface area contributed by atoms with Gasteiger partial charge in [-0.2, -0.15) is 0 Å². The largest absolute Gasteiger partial charge is 0.349 e. The molecule has 2 aromatic rings. The van der Waals surface area contributed by atoms with Crippen LogP contribution in [-0.2, 0) is 16.0 Å². The fraction of sp³-hybridized carbons (Fsp3) is 0.417. The second-order valence-electron chi connectivity index (χ2n) is 7.77. The second-order valence-corrected chi connectivity index (χ2v) is 7.77. The van der Waals surface area contributed by atoms with Crippen LogP contribution in [0.5, 0.6) is 0 Å². The van der Waals surface area contributed by atoms with E-state index < -0.39 is 0 Å². The third-order valence-electron chi connectivity index (χ3n) is 5.57. The van der Waals surface area contributed by atoms with E-state index in [0.717, 1.165) is 36.2 Å². The molecule has 154 valence electrons. The summed E-state index contributed by atoms with van der Waals surface area (Å²) in [7, 11) is 0. The van der Waals surface area contributed by atoms with E-state index in [9.17, 15) is 9.59 Å². The Labute approximate surface area is 173 Å². The number of nitrogens with zero attached hydrogens (tertiary/aromatic N) is 1. The maximum atomic E-state index is 13.3. The van der Waals surface area contributed by atoms with Crippen LogP contribution in [0.3, 0.4) is 0 Å². The van der Waals surface area contributed by atoms with Crippen molar-refractivity contribution in [3.05, 3.63) is 70.8 Å². The molecule has 1 fully saturated rings. The lowest BCUT2D eigenvalue weighted by Gasteiger charge is -2.37. The van der Waals surface area contributed by atoms with Crippen LogP contribution in [0.25, 0.3) is 0 Å². The zero-order valence-corrected chi connectivity index (χ0v) is 17.6. The first kappa shape index (κ1) is 21.1. The van der Waals surface area contributed by atoms with E-state index in [4.69, 9.17) is 0 Å². The van der Waals surface area contributed by atoms with Crippen molar-refractivity contribution < 1.29 is 9.59 Å². The molecule has 0 spiro atoms. The van der Waals surface area contributed by atoms with Gasteiger partial charge in [-0.25, -0.2) is 0 Å². The average molecular weight is 394 g/mol. The monoisotopic (exact) mass is 393 g/mol. The summed E-state index contributed by atoms with van der Waals surface area (Å²) in [5.74, 6) is -0.0641. The SMILES string of the molecule is CCc1ccc(C2CNCCN2C(=O)CC(NC(C)=O)c2ccc(C)cc2)cc1. The molecule has 2 atom stereocenters. The number of hydrogen-bond donors (Lipinski definition) is 2. The molecule has 1 saturated heterocycles. The number of carbonyl (C=O) groups is 2. The van der Waals surface area contributed by atoms with Gasteiger partial charge in [-0.05, 0) is 30.0 Å². The zero-order valence-electron chi connectivity index (χ0n) is 17.6. The number of amides is 2. The molecule has 0 saturated carbocycles. The van der Waals surface area contributed by atoms with E-state index in [1.54, 1.807) is 0 Å². The van der Waals surface area contributed by atoms with Crippen molar-refractivity contribution in [1.29, 1.82) is 0 Å². The fourth-order valence-electron chi connectivity index (χ4n) is 3.86. The summed E-state index contributed by atoms with van der Waals surface area (Å²) < 4.78 is 0. The van der Waals surface area contributed by atoms with Crippen molar-refractivity contribution in [3.63, 3.8) is 0 Å². The van der Waals surface area contributed by atoms with Crippen LogP contribution in [-0.4, -0.2) is 36.3 Å². The molecule has 29 heavy (non-hydrogen) atoms. The third kappa shape index (κ3) is 5.45. The Hall–Kier alpha value is -2.66. The van der Waals surface area contributed by atoms with Crippen LogP contribution in [0.4, 0.5) is 0 Å². The molecule has 2 amide bonds. The van der Waals surface area contributed by atoms with Gasteiger partial charge in [0.05, 0.1) is 18.5 Å². The molecule has 1 heterocycles. The van der Waals surface area contributed by atoms with Gasteiger partial charge < -0.3 is 15.5 Å². The van der Waals surface area contributed by atoms with E-state index in [1.807, 2.05) is 36.1 Å². The quantitative estimate of drug-likeness (QED) is 0.792. The predicted octanol–water partition coefficient (Wildman–Crippen LogP) is 3.30. The first-order valence-corrected chi connectivity index (χ1v) is 10.4. The number of nitrogens with one attached hydrogen (secondary N) is 2. The normalized spacial score (nSPS) is 17.6. The molecule has 0 bridgehead atoms. The summed E-state index contributed by atoms with van der Waals surface area (Å²) in [4.78, 5) is 27.0. The fourth-order valence-corrected chi connectivity index (χ4v) is 3.86. The van der Waals surface area contributed by atoms with Crippen molar-refractivity contribution >= 4 is 11.8 Å². The number of rotatable bonds is 6. The maximum absolute atomic E-state index is 13.3. The van der Waals surface area contributed by atoms with Gasteiger partial charge in [-0.1, -0.05) is 61.0 Å². The van der Waals surface area contributed by atoms with Crippen molar-refractivity contribution in [1.82, 2.24) is 15.5 Å². The molecule has 0 aromatic heterocycles. The maximum Gasteiger partial charge on any atom is 0.225 e. The summed E-state index contributed by atoms with van der Waals surface area (Å²) in [6.07, 6.45) is 1.26. The minimum Gasteiger partial charge on any atom is -0.349 e. The minimum atomic E-state index is -0.321. The molecule has 1 aliphatic rings. The average Bonchev–Trinajstić information content (AvgIpc) is 2.73. The molecule has 5 nitrogen and oxygen atoms in total. The Morgan fingerprint density at radius 2 is 1.83 bits per heavy atom. The Bertz CT molecular complexity index is 830. The number of carbonyl (C=O) groups excluding carboxylic acids is 2. The molecule has 3 rings (SSSR count). The summed E-state index contributed by atoms with van der Waals surface area (Å²) in [5, 5.41) is 6.36. The molecular weight excluding hydrogens is 362 g/mol.